The van der Waals surface area contributed by atoms with Crippen LogP contribution in [0.25, 0.3) is 0 Å². The zero-order chi connectivity index (χ0) is 12.7. The molecule has 6 nitrogen and oxygen atoms in total. The van der Waals surface area contributed by atoms with E-state index < -0.39 is 4.92 Å². The number of nitrogens with one attached hydrogen (secondary N) is 1. The highest BCUT2D eigenvalue weighted by molar-refractivity contribution is 5.46. The highest BCUT2D eigenvalue weighted by Gasteiger charge is 2.11. The molecule has 0 aromatic heterocycles. The Morgan fingerprint density at radius 2 is 1.94 bits per heavy atom. The maximum Gasteiger partial charge on any atom is 0.276 e. The first kappa shape index (κ1) is 13.2. The third kappa shape index (κ3) is 4.28. The van der Waals surface area contributed by atoms with E-state index in [4.69, 9.17) is 9.47 Å². The molecule has 1 aromatic rings. The molecule has 0 saturated carbocycles. The number of non-ortho nitro benzene ring substituents is 1. The number of hydrogen-bond donors (Lipinski definition) is 1. The molecule has 1 N–H and O–H groups in total. The first-order chi connectivity index (χ1) is 8.17. The Hall–Kier alpha value is -1.82. The first-order valence-electron chi connectivity index (χ1n) is 5.37. The molecule has 0 amide bonds. The molecule has 17 heavy (non-hydrogen) atoms. The maximum atomic E-state index is 10.7. The van der Waals surface area contributed by atoms with Gasteiger partial charge in [-0.05, 0) is 14.0 Å². The molecule has 0 fully saturated rings. The van der Waals surface area contributed by atoms with Crippen LogP contribution in [0.3, 0.4) is 0 Å². The summed E-state index contributed by atoms with van der Waals surface area (Å²) in [5.41, 5.74) is -0.0320. The molecule has 0 spiro atoms. The molecule has 1 rings (SSSR count). The number of nitro groups is 1. The minimum Gasteiger partial charge on any atom is -0.493 e. The zero-order valence-electron chi connectivity index (χ0n) is 9.93. The SMILES string of the molecule is CCOc1cc(OCCNC)cc([N+](=O)[O-])c1. The van der Waals surface area contributed by atoms with Crippen LogP contribution in [0.5, 0.6) is 11.5 Å². The number of ether oxygens (including phenoxy) is 2. The van der Waals surface area contributed by atoms with Crippen LogP contribution in [0.15, 0.2) is 18.2 Å². The van der Waals surface area contributed by atoms with Crippen LogP contribution in [-0.2, 0) is 0 Å². The van der Waals surface area contributed by atoms with Crippen molar-refractivity contribution < 1.29 is 14.4 Å². The van der Waals surface area contributed by atoms with Gasteiger partial charge in [-0.2, -0.15) is 0 Å². The Morgan fingerprint density at radius 3 is 2.47 bits per heavy atom. The second kappa shape index (κ2) is 6.70. The van der Waals surface area contributed by atoms with Crippen LogP contribution in [0.2, 0.25) is 0 Å². The first-order valence-corrected chi connectivity index (χ1v) is 5.37. The summed E-state index contributed by atoms with van der Waals surface area (Å²) in [4.78, 5) is 10.3. The van der Waals surface area contributed by atoms with E-state index in [2.05, 4.69) is 5.32 Å². The average molecular weight is 240 g/mol. The van der Waals surface area contributed by atoms with Crippen LogP contribution >= 0.6 is 0 Å². The fourth-order valence-corrected chi connectivity index (χ4v) is 1.27. The van der Waals surface area contributed by atoms with Crippen molar-refractivity contribution in [1.82, 2.24) is 5.32 Å². The van der Waals surface area contributed by atoms with Gasteiger partial charge in [0.05, 0.1) is 23.7 Å². The number of rotatable bonds is 7. The van der Waals surface area contributed by atoms with E-state index >= 15 is 0 Å². The molecule has 0 bridgehead atoms. The van der Waals surface area contributed by atoms with Crippen molar-refractivity contribution in [3.8, 4) is 11.5 Å². The van der Waals surface area contributed by atoms with E-state index in [9.17, 15) is 10.1 Å². The van der Waals surface area contributed by atoms with Gasteiger partial charge in [-0.1, -0.05) is 0 Å². The molecule has 6 heteroatoms. The highest BCUT2D eigenvalue weighted by atomic mass is 16.6. The molecular formula is C11H16N2O4. The monoisotopic (exact) mass is 240 g/mol. The summed E-state index contributed by atoms with van der Waals surface area (Å²) in [6, 6.07) is 4.42. The Labute approximate surface area is 99.7 Å². The molecule has 0 aliphatic heterocycles. The van der Waals surface area contributed by atoms with Crippen LogP contribution in [0.1, 0.15) is 6.92 Å². The van der Waals surface area contributed by atoms with Gasteiger partial charge < -0.3 is 14.8 Å². The van der Waals surface area contributed by atoms with Crippen molar-refractivity contribution >= 4 is 5.69 Å². The number of likely N-dealkylation sites (N-methyl/N-ethyl adjacent to an activating group) is 1. The van der Waals surface area contributed by atoms with Crippen molar-refractivity contribution in [2.24, 2.45) is 0 Å². The van der Waals surface area contributed by atoms with Crippen molar-refractivity contribution in [3.63, 3.8) is 0 Å². The van der Waals surface area contributed by atoms with Gasteiger partial charge in [0.15, 0.2) is 0 Å². The number of benzene rings is 1. The Morgan fingerprint density at radius 1 is 1.29 bits per heavy atom. The van der Waals surface area contributed by atoms with Gasteiger partial charge in [0.1, 0.15) is 18.1 Å². The summed E-state index contributed by atoms with van der Waals surface area (Å²) in [6.07, 6.45) is 0. The van der Waals surface area contributed by atoms with Gasteiger partial charge >= 0.3 is 0 Å². The lowest BCUT2D eigenvalue weighted by molar-refractivity contribution is -0.385. The molecule has 0 unspecified atom stereocenters. The molecule has 0 aliphatic rings. The highest BCUT2D eigenvalue weighted by Crippen LogP contribution is 2.27. The molecule has 0 saturated heterocycles. The second-order valence-electron chi connectivity index (χ2n) is 3.30. The smallest absolute Gasteiger partial charge is 0.276 e. The quantitative estimate of drug-likeness (QED) is 0.445. The summed E-state index contributed by atoms with van der Waals surface area (Å²) in [7, 11) is 1.81. The summed E-state index contributed by atoms with van der Waals surface area (Å²) < 4.78 is 10.6. The lowest BCUT2D eigenvalue weighted by atomic mass is 10.3. The minimum absolute atomic E-state index is 0.0320. The van der Waals surface area contributed by atoms with E-state index in [0.29, 0.717) is 31.3 Å². The van der Waals surface area contributed by atoms with Gasteiger partial charge in [0.25, 0.3) is 5.69 Å². The zero-order valence-corrected chi connectivity index (χ0v) is 9.93. The van der Waals surface area contributed by atoms with Crippen molar-refractivity contribution in [1.29, 1.82) is 0 Å². The predicted octanol–water partition coefficient (Wildman–Crippen LogP) is 1.59. The Balaban J connectivity index is 2.83. The average Bonchev–Trinajstić information content (AvgIpc) is 2.29. The van der Waals surface area contributed by atoms with Crippen LogP contribution in [0.4, 0.5) is 5.69 Å². The summed E-state index contributed by atoms with van der Waals surface area (Å²) in [5.74, 6) is 0.888. The Kier molecular flexibility index (Phi) is 5.22. The minimum atomic E-state index is -0.465. The molecule has 1 aromatic carbocycles. The van der Waals surface area contributed by atoms with E-state index in [0.717, 1.165) is 0 Å². The third-order valence-electron chi connectivity index (χ3n) is 2.01. The van der Waals surface area contributed by atoms with Gasteiger partial charge in [0, 0.05) is 12.6 Å². The van der Waals surface area contributed by atoms with Gasteiger partial charge in [0.2, 0.25) is 0 Å². The van der Waals surface area contributed by atoms with Crippen molar-refractivity contribution in [2.75, 3.05) is 26.8 Å². The molecule has 0 radical (unpaired) electrons. The van der Waals surface area contributed by atoms with E-state index in [1.807, 2.05) is 14.0 Å². The lowest BCUT2D eigenvalue weighted by Crippen LogP contribution is -2.16. The fraction of sp³-hybridized carbons (Fsp3) is 0.455. The summed E-state index contributed by atoms with van der Waals surface area (Å²) in [5, 5.41) is 13.6. The number of nitrogens with zero attached hydrogens (tertiary/aromatic N) is 1. The largest absolute Gasteiger partial charge is 0.493 e. The van der Waals surface area contributed by atoms with Crippen molar-refractivity contribution in [3.05, 3.63) is 28.3 Å². The normalized spacial score (nSPS) is 10.0. The standard InChI is InChI=1S/C11H16N2O4/c1-3-16-10-6-9(13(14)15)7-11(8-10)17-5-4-12-2/h6-8,12H,3-5H2,1-2H3. The maximum absolute atomic E-state index is 10.7. The third-order valence-corrected chi connectivity index (χ3v) is 2.01. The van der Waals surface area contributed by atoms with Crippen LogP contribution in [-0.4, -0.2) is 31.7 Å². The summed E-state index contributed by atoms with van der Waals surface area (Å²) >= 11 is 0. The molecule has 0 heterocycles. The number of nitro benzene ring substituents is 1. The molecule has 94 valence electrons. The van der Waals surface area contributed by atoms with Gasteiger partial charge in [-0.25, -0.2) is 0 Å². The predicted molar refractivity (Wildman–Crippen MR) is 63.7 cm³/mol. The molecule has 0 aliphatic carbocycles. The van der Waals surface area contributed by atoms with E-state index in [-0.39, 0.29) is 5.69 Å². The van der Waals surface area contributed by atoms with E-state index in [1.54, 1.807) is 6.07 Å². The van der Waals surface area contributed by atoms with Gasteiger partial charge in [-0.15, -0.1) is 0 Å². The topological polar surface area (TPSA) is 73.6 Å². The molecule has 0 atom stereocenters. The fourth-order valence-electron chi connectivity index (χ4n) is 1.27. The van der Waals surface area contributed by atoms with E-state index in [1.165, 1.54) is 12.1 Å². The van der Waals surface area contributed by atoms with Gasteiger partial charge in [-0.3, -0.25) is 10.1 Å². The second-order valence-corrected chi connectivity index (χ2v) is 3.30. The van der Waals surface area contributed by atoms with Crippen molar-refractivity contribution in [2.45, 2.75) is 6.92 Å². The van der Waals surface area contributed by atoms with Crippen LogP contribution < -0.4 is 14.8 Å². The number of hydrogen-bond acceptors (Lipinski definition) is 5. The molecular weight excluding hydrogens is 224 g/mol. The Bertz CT molecular complexity index is 382. The lowest BCUT2D eigenvalue weighted by Gasteiger charge is -2.08. The van der Waals surface area contributed by atoms with Crippen LogP contribution in [0, 0.1) is 10.1 Å². The summed E-state index contributed by atoms with van der Waals surface area (Å²) in [6.45, 7) is 3.40.